The molecule has 0 amide bonds. The van der Waals surface area contributed by atoms with Crippen molar-refractivity contribution in [3.05, 3.63) is 11.8 Å². The number of nitrogen functional groups attached to an aromatic ring is 1. The van der Waals surface area contributed by atoms with E-state index in [4.69, 9.17) is 5.84 Å². The molecule has 0 aliphatic carbocycles. The van der Waals surface area contributed by atoms with E-state index in [1.54, 1.807) is 6.20 Å². The number of hydrogen-bond donors (Lipinski definition) is 3. The summed E-state index contributed by atoms with van der Waals surface area (Å²) in [5, 5.41) is 3.52. The molecule has 0 saturated carbocycles. The monoisotopic (exact) mass is 250 g/mol. The fourth-order valence-corrected chi connectivity index (χ4v) is 2.40. The number of nitrogens with one attached hydrogen (secondary N) is 2. The van der Waals surface area contributed by atoms with Gasteiger partial charge in [0.05, 0.1) is 0 Å². The minimum Gasteiger partial charge on any atom is -0.367 e. The number of aromatic nitrogens is 2. The number of likely N-dealkylation sites (tertiary alicyclic amines) is 1. The molecule has 0 bridgehead atoms. The maximum atomic E-state index is 5.34. The Kier molecular flexibility index (Phi) is 3.98. The molecule has 1 saturated heterocycles. The molecule has 4 N–H and O–H groups in total. The molecule has 1 aromatic heterocycles. The van der Waals surface area contributed by atoms with Crippen LogP contribution >= 0.6 is 0 Å². The van der Waals surface area contributed by atoms with Crippen LogP contribution < -0.4 is 16.6 Å². The van der Waals surface area contributed by atoms with Crippen molar-refractivity contribution in [1.29, 1.82) is 0 Å². The highest BCUT2D eigenvalue weighted by Gasteiger charge is 2.24. The maximum Gasteiger partial charge on any atom is 0.239 e. The van der Waals surface area contributed by atoms with Gasteiger partial charge in [0.15, 0.2) is 0 Å². The summed E-state index contributed by atoms with van der Waals surface area (Å²) in [5.74, 6) is 7.26. The smallest absolute Gasteiger partial charge is 0.239 e. The van der Waals surface area contributed by atoms with E-state index in [0.29, 0.717) is 17.9 Å². The van der Waals surface area contributed by atoms with E-state index in [2.05, 4.69) is 39.6 Å². The summed E-state index contributed by atoms with van der Waals surface area (Å²) >= 11 is 0. The fraction of sp³-hybridized carbons (Fsp3) is 0.667. The molecule has 2 atom stereocenters. The zero-order chi connectivity index (χ0) is 13.1. The first-order valence-corrected chi connectivity index (χ1v) is 6.35. The van der Waals surface area contributed by atoms with E-state index in [0.717, 1.165) is 30.9 Å². The van der Waals surface area contributed by atoms with Crippen LogP contribution in [0, 0.1) is 12.8 Å². The van der Waals surface area contributed by atoms with E-state index in [9.17, 15) is 0 Å². The number of hydrazine groups is 1. The van der Waals surface area contributed by atoms with Gasteiger partial charge in [0.25, 0.3) is 0 Å². The second kappa shape index (κ2) is 5.49. The SMILES string of the molecule is Cc1cnc(NN)nc1NC1CCN(C)CC1C. The number of anilines is 2. The number of nitrogens with two attached hydrogens (primary N) is 1. The summed E-state index contributed by atoms with van der Waals surface area (Å²) in [6.07, 6.45) is 2.91. The molecule has 100 valence electrons. The molecule has 0 spiro atoms. The molecule has 6 nitrogen and oxygen atoms in total. The van der Waals surface area contributed by atoms with Crippen LogP contribution in [0.5, 0.6) is 0 Å². The number of piperidine rings is 1. The summed E-state index contributed by atoms with van der Waals surface area (Å²) in [7, 11) is 2.17. The Morgan fingerprint density at radius 1 is 1.50 bits per heavy atom. The highest BCUT2D eigenvalue weighted by molar-refractivity contribution is 5.46. The first-order valence-electron chi connectivity index (χ1n) is 6.35. The minimum absolute atomic E-state index is 0.448. The normalized spacial score (nSPS) is 24.9. The Balaban J connectivity index is 2.08. The lowest BCUT2D eigenvalue weighted by Crippen LogP contribution is -2.43. The summed E-state index contributed by atoms with van der Waals surface area (Å²) in [6, 6.07) is 0.459. The van der Waals surface area contributed by atoms with Crippen LogP contribution in [-0.2, 0) is 0 Å². The minimum atomic E-state index is 0.448. The number of aryl methyl sites for hydroxylation is 1. The van der Waals surface area contributed by atoms with Crippen LogP contribution in [0.2, 0.25) is 0 Å². The van der Waals surface area contributed by atoms with E-state index in [-0.39, 0.29) is 0 Å². The Hall–Kier alpha value is -1.40. The molecule has 18 heavy (non-hydrogen) atoms. The zero-order valence-electron chi connectivity index (χ0n) is 11.3. The molecule has 1 aliphatic heterocycles. The lowest BCUT2D eigenvalue weighted by Gasteiger charge is -2.35. The predicted octanol–water partition coefficient (Wildman–Crippen LogP) is 0.823. The first kappa shape index (κ1) is 13.0. The van der Waals surface area contributed by atoms with E-state index >= 15 is 0 Å². The van der Waals surface area contributed by atoms with Crippen LogP contribution in [0.4, 0.5) is 11.8 Å². The second-order valence-electron chi connectivity index (χ2n) is 5.15. The largest absolute Gasteiger partial charge is 0.367 e. The van der Waals surface area contributed by atoms with Crippen LogP contribution in [0.1, 0.15) is 18.9 Å². The van der Waals surface area contributed by atoms with Crippen molar-refractivity contribution in [2.24, 2.45) is 11.8 Å². The molecule has 0 aromatic carbocycles. The quantitative estimate of drug-likeness (QED) is 0.544. The fourth-order valence-electron chi connectivity index (χ4n) is 2.40. The number of hydrogen-bond acceptors (Lipinski definition) is 6. The third-order valence-electron chi connectivity index (χ3n) is 3.53. The van der Waals surface area contributed by atoms with E-state index < -0.39 is 0 Å². The van der Waals surface area contributed by atoms with Crippen molar-refractivity contribution in [3.8, 4) is 0 Å². The average molecular weight is 250 g/mol. The van der Waals surface area contributed by atoms with E-state index in [1.165, 1.54) is 0 Å². The molecule has 6 heteroatoms. The van der Waals surface area contributed by atoms with Crippen LogP contribution in [0.3, 0.4) is 0 Å². The van der Waals surface area contributed by atoms with Crippen molar-refractivity contribution in [2.45, 2.75) is 26.3 Å². The van der Waals surface area contributed by atoms with Gasteiger partial charge >= 0.3 is 0 Å². The molecular weight excluding hydrogens is 228 g/mol. The lowest BCUT2D eigenvalue weighted by atomic mass is 9.94. The van der Waals surface area contributed by atoms with Crippen LogP contribution in [0.15, 0.2) is 6.20 Å². The third-order valence-corrected chi connectivity index (χ3v) is 3.53. The van der Waals surface area contributed by atoms with Crippen molar-refractivity contribution in [1.82, 2.24) is 14.9 Å². The van der Waals surface area contributed by atoms with Crippen molar-refractivity contribution >= 4 is 11.8 Å². The molecular formula is C12H22N6. The summed E-state index contributed by atoms with van der Waals surface area (Å²) in [4.78, 5) is 10.8. The Bertz CT molecular complexity index is 408. The highest BCUT2D eigenvalue weighted by Crippen LogP contribution is 2.21. The standard InChI is InChI=1S/C12H22N6/c1-8-6-14-12(17-13)16-11(8)15-10-4-5-18(3)7-9(10)2/h6,9-10H,4-5,7,13H2,1-3H3,(H2,14,15,16,17). The van der Waals surface area contributed by atoms with Gasteiger partial charge in [0, 0.05) is 24.3 Å². The number of rotatable bonds is 3. The number of nitrogens with zero attached hydrogens (tertiary/aromatic N) is 3. The average Bonchev–Trinajstić information content (AvgIpc) is 2.35. The van der Waals surface area contributed by atoms with Crippen molar-refractivity contribution in [2.75, 3.05) is 30.9 Å². The van der Waals surface area contributed by atoms with Crippen molar-refractivity contribution in [3.63, 3.8) is 0 Å². The van der Waals surface area contributed by atoms with Gasteiger partial charge < -0.3 is 10.2 Å². The lowest BCUT2D eigenvalue weighted by molar-refractivity contribution is 0.206. The van der Waals surface area contributed by atoms with Crippen LogP contribution in [-0.4, -0.2) is 41.0 Å². The summed E-state index contributed by atoms with van der Waals surface area (Å²) in [5.41, 5.74) is 3.52. The van der Waals surface area contributed by atoms with Crippen LogP contribution in [0.25, 0.3) is 0 Å². The van der Waals surface area contributed by atoms with Gasteiger partial charge in [0.2, 0.25) is 5.95 Å². The molecule has 2 rings (SSSR count). The molecule has 1 aliphatic rings. The molecule has 2 heterocycles. The Morgan fingerprint density at radius 3 is 2.94 bits per heavy atom. The molecule has 0 radical (unpaired) electrons. The van der Waals surface area contributed by atoms with Gasteiger partial charge in [-0.25, -0.2) is 10.8 Å². The van der Waals surface area contributed by atoms with Gasteiger partial charge in [-0.1, -0.05) is 6.92 Å². The van der Waals surface area contributed by atoms with Gasteiger partial charge in [-0.3, -0.25) is 5.43 Å². The topological polar surface area (TPSA) is 79.1 Å². The molecule has 1 fully saturated rings. The predicted molar refractivity (Wildman–Crippen MR) is 73.3 cm³/mol. The van der Waals surface area contributed by atoms with Crippen molar-refractivity contribution < 1.29 is 0 Å². The maximum absolute atomic E-state index is 5.34. The second-order valence-corrected chi connectivity index (χ2v) is 5.15. The third kappa shape index (κ3) is 2.88. The highest BCUT2D eigenvalue weighted by atomic mass is 15.3. The summed E-state index contributed by atoms with van der Waals surface area (Å²) in [6.45, 7) is 6.51. The molecule has 1 aromatic rings. The zero-order valence-corrected chi connectivity index (χ0v) is 11.3. The summed E-state index contributed by atoms with van der Waals surface area (Å²) < 4.78 is 0. The van der Waals surface area contributed by atoms with Gasteiger partial charge in [-0.2, -0.15) is 4.98 Å². The van der Waals surface area contributed by atoms with Gasteiger partial charge in [0.1, 0.15) is 5.82 Å². The Morgan fingerprint density at radius 2 is 2.28 bits per heavy atom. The first-order chi connectivity index (χ1) is 8.60. The van der Waals surface area contributed by atoms with Gasteiger partial charge in [-0.05, 0) is 32.9 Å². The Labute approximate surface area is 108 Å². The van der Waals surface area contributed by atoms with Gasteiger partial charge in [-0.15, -0.1) is 0 Å². The van der Waals surface area contributed by atoms with E-state index in [1.807, 2.05) is 6.92 Å². The molecule has 2 unspecified atom stereocenters.